The average molecular weight is 403 g/mol. The molecule has 2 rings (SSSR count). The monoisotopic (exact) mass is 401 g/mol. The van der Waals surface area contributed by atoms with Crippen LogP contribution in [0.3, 0.4) is 0 Å². The van der Waals surface area contributed by atoms with E-state index in [4.69, 9.17) is 21.1 Å². The SMILES string of the molecule is CCCOc1c(OC)ccc(Br)c1CNc1ccc(F)c(Cl)c1. The van der Waals surface area contributed by atoms with Crippen LogP contribution >= 0.6 is 27.5 Å². The maximum absolute atomic E-state index is 13.2. The Hall–Kier alpha value is -1.46. The Morgan fingerprint density at radius 3 is 2.70 bits per heavy atom. The second kappa shape index (κ2) is 8.41. The molecule has 6 heteroatoms. The molecule has 2 aromatic rings. The molecule has 0 aliphatic carbocycles. The average Bonchev–Trinajstić information content (AvgIpc) is 2.55. The smallest absolute Gasteiger partial charge is 0.167 e. The van der Waals surface area contributed by atoms with E-state index in [-0.39, 0.29) is 5.02 Å². The molecule has 0 saturated heterocycles. The summed E-state index contributed by atoms with van der Waals surface area (Å²) in [5.74, 6) is 0.937. The summed E-state index contributed by atoms with van der Waals surface area (Å²) in [5, 5.41) is 3.31. The van der Waals surface area contributed by atoms with Gasteiger partial charge in [0.1, 0.15) is 5.82 Å². The van der Waals surface area contributed by atoms with E-state index in [1.807, 2.05) is 19.1 Å². The Morgan fingerprint density at radius 2 is 2.04 bits per heavy atom. The maximum Gasteiger partial charge on any atom is 0.167 e. The van der Waals surface area contributed by atoms with Crippen molar-refractivity contribution in [2.24, 2.45) is 0 Å². The fraction of sp³-hybridized carbons (Fsp3) is 0.294. The minimum absolute atomic E-state index is 0.0853. The van der Waals surface area contributed by atoms with Crippen LogP contribution in [0.1, 0.15) is 18.9 Å². The summed E-state index contributed by atoms with van der Waals surface area (Å²) in [7, 11) is 1.61. The van der Waals surface area contributed by atoms with Gasteiger partial charge >= 0.3 is 0 Å². The highest BCUT2D eigenvalue weighted by Gasteiger charge is 2.14. The summed E-state index contributed by atoms with van der Waals surface area (Å²) in [6.45, 7) is 3.13. The van der Waals surface area contributed by atoms with Crippen molar-refractivity contribution >= 4 is 33.2 Å². The van der Waals surface area contributed by atoms with E-state index in [1.165, 1.54) is 6.07 Å². The van der Waals surface area contributed by atoms with Crippen molar-refractivity contribution in [3.8, 4) is 11.5 Å². The van der Waals surface area contributed by atoms with Gasteiger partial charge in [-0.05, 0) is 36.8 Å². The fourth-order valence-electron chi connectivity index (χ4n) is 2.07. The first-order valence-corrected chi connectivity index (χ1v) is 8.41. The first-order chi connectivity index (χ1) is 11.1. The molecule has 0 heterocycles. The first-order valence-electron chi connectivity index (χ1n) is 7.24. The third-order valence-electron chi connectivity index (χ3n) is 3.23. The van der Waals surface area contributed by atoms with Crippen LogP contribution in [-0.2, 0) is 6.54 Å². The van der Waals surface area contributed by atoms with Crippen LogP contribution in [0.4, 0.5) is 10.1 Å². The van der Waals surface area contributed by atoms with Gasteiger partial charge in [0.05, 0.1) is 18.7 Å². The lowest BCUT2D eigenvalue weighted by molar-refractivity contribution is 0.291. The zero-order chi connectivity index (χ0) is 16.8. The molecular weight excluding hydrogens is 385 g/mol. The Labute approximate surface area is 148 Å². The number of hydrogen-bond donors (Lipinski definition) is 1. The predicted octanol–water partition coefficient (Wildman–Crippen LogP) is 5.65. The predicted molar refractivity (Wildman–Crippen MR) is 95.2 cm³/mol. The standard InChI is InChI=1S/C17H18BrClFNO2/c1-3-8-23-17-12(13(18)5-7-16(17)22-2)10-21-11-4-6-15(20)14(19)9-11/h4-7,9,21H,3,8,10H2,1-2H3. The summed E-state index contributed by atoms with van der Waals surface area (Å²) >= 11 is 9.35. The minimum atomic E-state index is -0.438. The number of ether oxygens (including phenoxy) is 2. The minimum Gasteiger partial charge on any atom is -0.493 e. The highest BCUT2D eigenvalue weighted by molar-refractivity contribution is 9.10. The van der Waals surface area contributed by atoms with Gasteiger partial charge in [-0.2, -0.15) is 0 Å². The fourth-order valence-corrected chi connectivity index (χ4v) is 2.70. The molecule has 124 valence electrons. The molecule has 0 radical (unpaired) electrons. The molecule has 0 spiro atoms. The molecule has 0 fully saturated rings. The van der Waals surface area contributed by atoms with Crippen LogP contribution in [0.15, 0.2) is 34.8 Å². The van der Waals surface area contributed by atoms with Crippen LogP contribution in [0, 0.1) is 5.82 Å². The zero-order valence-electron chi connectivity index (χ0n) is 13.0. The first kappa shape index (κ1) is 17.9. The summed E-state index contributed by atoms with van der Waals surface area (Å²) < 4.78 is 25.4. The van der Waals surface area contributed by atoms with Crippen molar-refractivity contribution < 1.29 is 13.9 Å². The van der Waals surface area contributed by atoms with Crippen LogP contribution in [0.5, 0.6) is 11.5 Å². The van der Waals surface area contributed by atoms with E-state index in [1.54, 1.807) is 19.2 Å². The molecule has 0 atom stereocenters. The van der Waals surface area contributed by atoms with Crippen molar-refractivity contribution in [1.82, 2.24) is 0 Å². The number of methoxy groups -OCH3 is 1. The maximum atomic E-state index is 13.2. The van der Waals surface area contributed by atoms with Gasteiger partial charge in [-0.1, -0.05) is 34.5 Å². The molecule has 23 heavy (non-hydrogen) atoms. The summed E-state index contributed by atoms with van der Waals surface area (Å²) in [6.07, 6.45) is 0.899. The van der Waals surface area contributed by atoms with Gasteiger partial charge in [0, 0.05) is 22.3 Å². The Bertz CT molecular complexity index is 682. The Morgan fingerprint density at radius 1 is 1.26 bits per heavy atom. The van der Waals surface area contributed by atoms with Gasteiger partial charge < -0.3 is 14.8 Å². The molecule has 0 amide bonds. The van der Waals surface area contributed by atoms with Crippen LogP contribution < -0.4 is 14.8 Å². The molecule has 0 unspecified atom stereocenters. The van der Waals surface area contributed by atoms with E-state index < -0.39 is 5.82 Å². The van der Waals surface area contributed by atoms with Gasteiger partial charge in [0.15, 0.2) is 11.5 Å². The van der Waals surface area contributed by atoms with Gasteiger partial charge in [0.2, 0.25) is 0 Å². The zero-order valence-corrected chi connectivity index (χ0v) is 15.3. The van der Waals surface area contributed by atoms with Crippen molar-refractivity contribution in [3.05, 3.63) is 51.2 Å². The Balaban J connectivity index is 2.24. The number of benzene rings is 2. The summed E-state index contributed by atoms with van der Waals surface area (Å²) in [6, 6.07) is 8.29. The second-order valence-corrected chi connectivity index (χ2v) is 6.15. The van der Waals surface area contributed by atoms with Gasteiger partial charge in [0.25, 0.3) is 0 Å². The summed E-state index contributed by atoms with van der Waals surface area (Å²) in [5.41, 5.74) is 1.66. The van der Waals surface area contributed by atoms with Crippen molar-refractivity contribution in [2.45, 2.75) is 19.9 Å². The molecule has 0 aliphatic rings. The third kappa shape index (κ3) is 4.52. The summed E-state index contributed by atoms with van der Waals surface area (Å²) in [4.78, 5) is 0. The van der Waals surface area contributed by atoms with Crippen LogP contribution in [-0.4, -0.2) is 13.7 Å². The lowest BCUT2D eigenvalue weighted by atomic mass is 10.1. The molecular formula is C17H18BrClFNO2. The molecule has 0 aromatic heterocycles. The van der Waals surface area contributed by atoms with Crippen molar-refractivity contribution in [3.63, 3.8) is 0 Å². The number of nitrogens with one attached hydrogen (secondary N) is 1. The van der Waals surface area contributed by atoms with Crippen LogP contribution in [0.25, 0.3) is 0 Å². The topological polar surface area (TPSA) is 30.5 Å². The molecule has 3 nitrogen and oxygen atoms in total. The molecule has 2 aromatic carbocycles. The number of anilines is 1. The van der Waals surface area contributed by atoms with E-state index in [0.29, 0.717) is 24.7 Å². The normalized spacial score (nSPS) is 10.5. The van der Waals surface area contributed by atoms with E-state index >= 15 is 0 Å². The lowest BCUT2D eigenvalue weighted by Gasteiger charge is -2.17. The lowest BCUT2D eigenvalue weighted by Crippen LogP contribution is -2.06. The van der Waals surface area contributed by atoms with E-state index in [2.05, 4.69) is 21.2 Å². The number of rotatable bonds is 7. The highest BCUT2D eigenvalue weighted by atomic mass is 79.9. The Kier molecular flexibility index (Phi) is 6.54. The van der Waals surface area contributed by atoms with Gasteiger partial charge in [-0.25, -0.2) is 4.39 Å². The third-order valence-corrected chi connectivity index (χ3v) is 4.26. The highest BCUT2D eigenvalue weighted by Crippen LogP contribution is 2.37. The largest absolute Gasteiger partial charge is 0.493 e. The van der Waals surface area contributed by atoms with Crippen molar-refractivity contribution in [1.29, 1.82) is 0 Å². The molecule has 0 aliphatic heterocycles. The number of halogens is 3. The van der Waals surface area contributed by atoms with Crippen LogP contribution in [0.2, 0.25) is 5.02 Å². The molecule has 0 bridgehead atoms. The number of hydrogen-bond acceptors (Lipinski definition) is 3. The molecule has 1 N–H and O–H groups in total. The molecule has 0 saturated carbocycles. The van der Waals surface area contributed by atoms with Gasteiger partial charge in [-0.15, -0.1) is 0 Å². The quantitative estimate of drug-likeness (QED) is 0.649. The van der Waals surface area contributed by atoms with Gasteiger partial charge in [-0.3, -0.25) is 0 Å². The van der Waals surface area contributed by atoms with Crippen molar-refractivity contribution in [2.75, 3.05) is 19.0 Å². The van der Waals surface area contributed by atoms with E-state index in [9.17, 15) is 4.39 Å². The van der Waals surface area contributed by atoms with E-state index in [0.717, 1.165) is 22.1 Å². The second-order valence-electron chi connectivity index (χ2n) is 4.89.